The molecule has 1 saturated carbocycles. The summed E-state index contributed by atoms with van der Waals surface area (Å²) in [4.78, 5) is 37.2. The van der Waals surface area contributed by atoms with Crippen LogP contribution in [-0.2, 0) is 16.1 Å². The maximum absolute atomic E-state index is 12.7. The summed E-state index contributed by atoms with van der Waals surface area (Å²) in [6.45, 7) is 8.54. The fraction of sp³-hybridized carbons (Fsp3) is 0.450. The minimum Gasteiger partial charge on any atom is -0.329 e. The molecule has 2 N–H and O–H groups in total. The number of allylic oxidation sites excluding steroid dienone is 2. The Morgan fingerprint density at radius 3 is 2.69 bits per heavy atom. The fourth-order valence-corrected chi connectivity index (χ4v) is 3.61. The van der Waals surface area contributed by atoms with Crippen LogP contribution in [0.1, 0.15) is 33.3 Å². The molecule has 1 aromatic rings. The van der Waals surface area contributed by atoms with Gasteiger partial charge in [0.15, 0.2) is 0 Å². The van der Waals surface area contributed by atoms with Gasteiger partial charge in [-0.05, 0) is 42.9 Å². The summed E-state index contributed by atoms with van der Waals surface area (Å²) in [5.41, 5.74) is 2.65. The van der Waals surface area contributed by atoms with Crippen molar-refractivity contribution >= 4 is 23.5 Å². The van der Waals surface area contributed by atoms with Crippen LogP contribution in [0.3, 0.4) is 0 Å². The number of imide groups is 1. The Labute approximate surface area is 153 Å². The second-order valence-electron chi connectivity index (χ2n) is 7.90. The van der Waals surface area contributed by atoms with Crippen molar-refractivity contribution in [2.45, 2.75) is 34.2 Å². The Morgan fingerprint density at radius 2 is 2.08 bits per heavy atom. The monoisotopic (exact) mass is 355 g/mol. The first-order valence-corrected chi connectivity index (χ1v) is 8.83. The number of hydrogen-bond donors (Lipinski definition) is 2. The molecule has 1 aliphatic heterocycles. The topological polar surface area (TPSA) is 78.5 Å². The third-order valence-electron chi connectivity index (χ3n) is 5.18. The average molecular weight is 355 g/mol. The van der Waals surface area contributed by atoms with Gasteiger partial charge in [-0.1, -0.05) is 37.6 Å². The highest BCUT2D eigenvalue weighted by molar-refractivity contribution is 6.02. The molecule has 1 saturated heterocycles. The maximum Gasteiger partial charge on any atom is 0.324 e. The molecule has 1 aliphatic carbocycles. The van der Waals surface area contributed by atoms with Crippen LogP contribution in [0.2, 0.25) is 0 Å². The number of nitrogens with one attached hydrogen (secondary N) is 2. The van der Waals surface area contributed by atoms with Crippen LogP contribution < -0.4 is 10.6 Å². The van der Waals surface area contributed by atoms with Crippen LogP contribution in [0.25, 0.3) is 0 Å². The third-order valence-corrected chi connectivity index (χ3v) is 5.18. The zero-order valence-corrected chi connectivity index (χ0v) is 15.6. The number of benzene rings is 1. The summed E-state index contributed by atoms with van der Waals surface area (Å²) in [5.74, 6) is -0.0352. The van der Waals surface area contributed by atoms with Gasteiger partial charge in [0.25, 0.3) is 0 Å². The zero-order valence-electron chi connectivity index (χ0n) is 15.6. The van der Waals surface area contributed by atoms with Crippen LogP contribution in [0.5, 0.6) is 0 Å². The Hall–Kier alpha value is -2.63. The van der Waals surface area contributed by atoms with Gasteiger partial charge in [0.05, 0.1) is 19.0 Å². The molecular formula is C20H25N3O3. The minimum atomic E-state index is -0.381. The van der Waals surface area contributed by atoms with Gasteiger partial charge < -0.3 is 10.6 Å². The fourth-order valence-electron chi connectivity index (χ4n) is 3.61. The number of rotatable bonds is 5. The van der Waals surface area contributed by atoms with Crippen molar-refractivity contribution in [2.75, 3.05) is 11.9 Å². The van der Waals surface area contributed by atoms with Crippen LogP contribution >= 0.6 is 0 Å². The Balaban J connectivity index is 1.68. The van der Waals surface area contributed by atoms with E-state index in [1.54, 1.807) is 0 Å². The molecule has 2 fully saturated rings. The lowest BCUT2D eigenvalue weighted by Crippen LogP contribution is -2.30. The van der Waals surface area contributed by atoms with Crippen molar-refractivity contribution in [2.24, 2.45) is 17.3 Å². The third kappa shape index (κ3) is 3.49. The van der Waals surface area contributed by atoms with E-state index in [9.17, 15) is 14.4 Å². The Kier molecular flexibility index (Phi) is 4.61. The van der Waals surface area contributed by atoms with E-state index in [4.69, 9.17) is 0 Å². The second kappa shape index (κ2) is 6.59. The molecule has 0 bridgehead atoms. The first kappa shape index (κ1) is 18.2. The molecule has 6 nitrogen and oxygen atoms in total. The molecule has 3 rings (SSSR count). The molecule has 1 aromatic carbocycles. The first-order chi connectivity index (χ1) is 12.2. The lowest BCUT2D eigenvalue weighted by atomic mass is 10.1. The normalized spacial score (nSPS) is 23.5. The molecule has 0 aromatic heterocycles. The smallest absolute Gasteiger partial charge is 0.324 e. The predicted molar refractivity (Wildman–Crippen MR) is 99.2 cm³/mol. The maximum atomic E-state index is 12.7. The highest BCUT2D eigenvalue weighted by Gasteiger charge is 2.60. The van der Waals surface area contributed by atoms with E-state index in [1.807, 2.05) is 38.1 Å². The summed E-state index contributed by atoms with van der Waals surface area (Å²) < 4.78 is 0. The number of hydrogen-bond acceptors (Lipinski definition) is 3. The molecule has 2 aliphatic rings. The SMILES string of the molecule is CC(C)=C[C@@H]1[C@H](C(=O)Nc2cccc(CN3C(=O)CNC3=O)c2)C1(C)C. The molecule has 138 valence electrons. The average Bonchev–Trinajstić information content (AvgIpc) is 2.94. The number of carbonyl (C=O) groups excluding carboxylic acids is 3. The van der Waals surface area contributed by atoms with Crippen molar-refractivity contribution in [1.82, 2.24) is 10.2 Å². The van der Waals surface area contributed by atoms with Gasteiger partial charge in [0, 0.05) is 5.69 Å². The van der Waals surface area contributed by atoms with Gasteiger partial charge in [0.1, 0.15) is 0 Å². The van der Waals surface area contributed by atoms with E-state index in [-0.39, 0.29) is 48.2 Å². The van der Waals surface area contributed by atoms with Crippen molar-refractivity contribution in [3.05, 3.63) is 41.5 Å². The van der Waals surface area contributed by atoms with Crippen LogP contribution in [0.15, 0.2) is 35.9 Å². The van der Waals surface area contributed by atoms with Gasteiger partial charge in [0.2, 0.25) is 11.8 Å². The van der Waals surface area contributed by atoms with E-state index in [0.717, 1.165) is 5.56 Å². The van der Waals surface area contributed by atoms with Crippen LogP contribution in [0.4, 0.5) is 10.5 Å². The molecule has 0 radical (unpaired) electrons. The predicted octanol–water partition coefficient (Wildman–Crippen LogP) is 2.92. The highest BCUT2D eigenvalue weighted by Crippen LogP contribution is 2.59. The van der Waals surface area contributed by atoms with E-state index in [2.05, 4.69) is 30.6 Å². The van der Waals surface area contributed by atoms with Crippen molar-refractivity contribution in [3.63, 3.8) is 0 Å². The molecule has 26 heavy (non-hydrogen) atoms. The number of amides is 4. The van der Waals surface area contributed by atoms with Gasteiger partial charge in [-0.3, -0.25) is 14.5 Å². The summed E-state index contributed by atoms with van der Waals surface area (Å²) >= 11 is 0. The number of nitrogens with zero attached hydrogens (tertiary/aromatic N) is 1. The molecule has 4 amide bonds. The number of urea groups is 1. The van der Waals surface area contributed by atoms with Gasteiger partial charge in [-0.2, -0.15) is 0 Å². The minimum absolute atomic E-state index is 0.00430. The van der Waals surface area contributed by atoms with E-state index in [1.165, 1.54) is 10.5 Å². The largest absolute Gasteiger partial charge is 0.329 e. The Morgan fingerprint density at radius 1 is 1.35 bits per heavy atom. The number of carbonyl (C=O) groups is 3. The summed E-state index contributed by atoms with van der Waals surface area (Å²) in [6, 6.07) is 6.89. The Bertz CT molecular complexity index is 777. The van der Waals surface area contributed by atoms with Crippen molar-refractivity contribution in [3.8, 4) is 0 Å². The summed E-state index contributed by atoms with van der Waals surface area (Å²) in [5, 5.41) is 5.48. The highest BCUT2D eigenvalue weighted by atomic mass is 16.2. The quantitative estimate of drug-likeness (QED) is 0.630. The zero-order chi connectivity index (χ0) is 19.1. The van der Waals surface area contributed by atoms with Crippen LogP contribution in [-0.4, -0.2) is 29.3 Å². The summed E-state index contributed by atoms with van der Waals surface area (Å²) in [6.07, 6.45) is 2.16. The second-order valence-corrected chi connectivity index (χ2v) is 7.90. The van der Waals surface area contributed by atoms with E-state index in [0.29, 0.717) is 5.69 Å². The van der Waals surface area contributed by atoms with E-state index < -0.39 is 0 Å². The molecule has 0 unspecified atom stereocenters. The standard InChI is InChI=1S/C20H25N3O3/c1-12(2)8-15-17(20(15,3)4)18(25)22-14-7-5-6-13(9-14)11-23-16(24)10-21-19(23)26/h5-9,15,17H,10-11H2,1-4H3,(H,21,26)(H,22,25)/t15-,17-/m1/s1. The first-order valence-electron chi connectivity index (χ1n) is 8.83. The van der Waals surface area contributed by atoms with Crippen molar-refractivity contribution in [1.29, 1.82) is 0 Å². The van der Waals surface area contributed by atoms with Gasteiger partial charge in [-0.25, -0.2) is 4.79 Å². The van der Waals surface area contributed by atoms with Crippen molar-refractivity contribution < 1.29 is 14.4 Å². The van der Waals surface area contributed by atoms with Gasteiger partial charge in [-0.15, -0.1) is 0 Å². The molecule has 6 heteroatoms. The van der Waals surface area contributed by atoms with Gasteiger partial charge >= 0.3 is 6.03 Å². The van der Waals surface area contributed by atoms with E-state index >= 15 is 0 Å². The molecule has 1 heterocycles. The lowest BCUT2D eigenvalue weighted by Gasteiger charge is -2.13. The number of anilines is 1. The molecule has 0 spiro atoms. The molecule has 2 atom stereocenters. The van der Waals surface area contributed by atoms with Crippen LogP contribution in [0, 0.1) is 17.3 Å². The summed E-state index contributed by atoms with van der Waals surface area (Å²) in [7, 11) is 0. The lowest BCUT2D eigenvalue weighted by molar-refractivity contribution is -0.125. The molecular weight excluding hydrogens is 330 g/mol.